The molecule has 0 bridgehead atoms. The molecule has 0 aliphatic rings. The van der Waals surface area contributed by atoms with E-state index >= 15 is 0 Å². The summed E-state index contributed by atoms with van der Waals surface area (Å²) in [5.41, 5.74) is 0.691. The Morgan fingerprint density at radius 1 is 0.963 bits per heavy atom. The molecule has 3 aromatic carbocycles. The zero-order valence-corrected chi connectivity index (χ0v) is 14.5. The highest BCUT2D eigenvalue weighted by Crippen LogP contribution is 2.20. The summed E-state index contributed by atoms with van der Waals surface area (Å²) in [5.74, 6) is -1.02. The normalized spacial score (nSPS) is 11.7. The molecule has 3 N–H and O–H groups in total. The minimum atomic E-state index is -1.14. The van der Waals surface area contributed by atoms with Crippen LogP contribution < -0.4 is 10.1 Å². The Balaban J connectivity index is 1.58. The van der Waals surface area contributed by atoms with Gasteiger partial charge in [-0.2, -0.15) is 0 Å². The number of hydrogen-bond acceptors (Lipinski definition) is 4. The van der Waals surface area contributed by atoms with Crippen molar-refractivity contribution >= 4 is 22.6 Å². The van der Waals surface area contributed by atoms with Gasteiger partial charge in [0.2, 0.25) is 0 Å². The number of carboxylic acids is 1. The second-order valence-electron chi connectivity index (χ2n) is 6.13. The third-order valence-electron chi connectivity index (χ3n) is 4.10. The topological polar surface area (TPSA) is 95.9 Å². The summed E-state index contributed by atoms with van der Waals surface area (Å²) in [7, 11) is 0. The molecule has 0 spiro atoms. The predicted octanol–water partition coefficient (Wildman–Crippen LogP) is 2.74. The smallest absolute Gasteiger partial charge is 0.326 e. The molecule has 6 nitrogen and oxygen atoms in total. The maximum Gasteiger partial charge on any atom is 0.326 e. The van der Waals surface area contributed by atoms with Gasteiger partial charge in [0, 0.05) is 6.42 Å². The van der Waals surface area contributed by atoms with Crippen molar-refractivity contribution in [2.24, 2.45) is 0 Å². The van der Waals surface area contributed by atoms with E-state index in [-0.39, 0.29) is 18.8 Å². The van der Waals surface area contributed by atoms with Gasteiger partial charge in [-0.25, -0.2) is 4.79 Å². The number of phenols is 1. The molecular weight excluding hydrogens is 346 g/mol. The average molecular weight is 365 g/mol. The van der Waals surface area contributed by atoms with Crippen molar-refractivity contribution in [1.82, 2.24) is 5.32 Å². The van der Waals surface area contributed by atoms with Crippen LogP contribution in [-0.2, 0) is 16.0 Å². The van der Waals surface area contributed by atoms with Crippen LogP contribution >= 0.6 is 0 Å². The third-order valence-corrected chi connectivity index (χ3v) is 4.10. The van der Waals surface area contributed by atoms with E-state index in [2.05, 4.69) is 5.32 Å². The van der Waals surface area contributed by atoms with E-state index in [4.69, 9.17) is 4.74 Å². The molecule has 27 heavy (non-hydrogen) atoms. The molecule has 0 unspecified atom stereocenters. The van der Waals surface area contributed by atoms with Gasteiger partial charge < -0.3 is 20.3 Å². The summed E-state index contributed by atoms with van der Waals surface area (Å²) >= 11 is 0. The van der Waals surface area contributed by atoms with Gasteiger partial charge in [0.05, 0.1) is 0 Å². The lowest BCUT2D eigenvalue weighted by Gasteiger charge is -2.15. The maximum atomic E-state index is 12.1. The number of benzene rings is 3. The number of aromatic hydroxyl groups is 1. The summed E-state index contributed by atoms with van der Waals surface area (Å²) in [6, 6.07) is 18.4. The molecule has 138 valence electrons. The lowest BCUT2D eigenvalue weighted by molar-refractivity contribution is -0.142. The molecule has 1 atom stereocenters. The van der Waals surface area contributed by atoms with Crippen LogP contribution in [0.5, 0.6) is 11.5 Å². The summed E-state index contributed by atoms with van der Waals surface area (Å²) in [4.78, 5) is 23.5. The van der Waals surface area contributed by atoms with Crippen LogP contribution in [0, 0.1) is 0 Å². The molecular formula is C21H19NO5. The highest BCUT2D eigenvalue weighted by atomic mass is 16.5. The summed E-state index contributed by atoms with van der Waals surface area (Å²) in [6.45, 7) is -0.280. The lowest BCUT2D eigenvalue weighted by Crippen LogP contribution is -2.44. The summed E-state index contributed by atoms with van der Waals surface area (Å²) < 4.78 is 5.48. The van der Waals surface area contributed by atoms with Gasteiger partial charge in [-0.3, -0.25) is 4.79 Å². The van der Waals surface area contributed by atoms with E-state index < -0.39 is 17.9 Å². The zero-order valence-electron chi connectivity index (χ0n) is 14.5. The SMILES string of the molecule is O=C(COc1ccc2ccccc2c1)N[C@@H](Cc1ccc(O)cc1)C(=O)O. The minimum Gasteiger partial charge on any atom is -0.508 e. The quantitative estimate of drug-likeness (QED) is 0.598. The molecule has 0 aromatic heterocycles. The Hall–Kier alpha value is -3.54. The fraction of sp³-hybridized carbons (Fsp3) is 0.143. The number of carbonyl (C=O) groups is 2. The fourth-order valence-electron chi connectivity index (χ4n) is 2.71. The second-order valence-corrected chi connectivity index (χ2v) is 6.13. The summed E-state index contributed by atoms with van der Waals surface area (Å²) in [6.07, 6.45) is 0.108. The molecule has 0 saturated heterocycles. The number of carboxylic acid groups (broad SMARTS) is 1. The molecule has 0 fully saturated rings. The first-order chi connectivity index (χ1) is 13.0. The Labute approximate surface area is 156 Å². The molecule has 3 aromatic rings. The molecule has 1 amide bonds. The van der Waals surface area contributed by atoms with Crippen molar-refractivity contribution < 1.29 is 24.5 Å². The van der Waals surface area contributed by atoms with Gasteiger partial charge in [0.25, 0.3) is 5.91 Å². The van der Waals surface area contributed by atoms with Gasteiger partial charge in [-0.15, -0.1) is 0 Å². The molecule has 0 heterocycles. The number of rotatable bonds is 7. The van der Waals surface area contributed by atoms with Gasteiger partial charge in [0.1, 0.15) is 17.5 Å². The van der Waals surface area contributed by atoms with Crippen LogP contribution in [0.15, 0.2) is 66.7 Å². The molecule has 0 aliphatic heterocycles. The van der Waals surface area contributed by atoms with Crippen molar-refractivity contribution in [3.63, 3.8) is 0 Å². The highest BCUT2D eigenvalue weighted by Gasteiger charge is 2.20. The standard InChI is InChI=1S/C21H19NO5/c23-17-8-5-14(6-9-17)11-19(21(25)26)22-20(24)13-27-18-10-7-15-3-1-2-4-16(15)12-18/h1-10,12,19,23H,11,13H2,(H,22,24)(H,25,26)/t19-/m0/s1. The molecule has 0 saturated carbocycles. The Kier molecular flexibility index (Phi) is 5.56. The lowest BCUT2D eigenvalue weighted by atomic mass is 10.1. The first kappa shape index (κ1) is 18.3. The van der Waals surface area contributed by atoms with Gasteiger partial charge in [0.15, 0.2) is 6.61 Å². The van der Waals surface area contributed by atoms with E-state index in [1.54, 1.807) is 18.2 Å². The summed E-state index contributed by atoms with van der Waals surface area (Å²) in [5, 5.41) is 23.1. The minimum absolute atomic E-state index is 0.0958. The first-order valence-electron chi connectivity index (χ1n) is 8.43. The van der Waals surface area contributed by atoms with Gasteiger partial charge >= 0.3 is 5.97 Å². The number of amides is 1. The second kappa shape index (κ2) is 8.23. The van der Waals surface area contributed by atoms with E-state index in [1.807, 2.05) is 36.4 Å². The van der Waals surface area contributed by atoms with Crippen LogP contribution in [0.4, 0.5) is 0 Å². The number of ether oxygens (including phenoxy) is 1. The Morgan fingerprint density at radius 3 is 2.37 bits per heavy atom. The maximum absolute atomic E-state index is 12.1. The molecule has 6 heteroatoms. The van der Waals surface area contributed by atoms with Crippen molar-refractivity contribution in [3.05, 3.63) is 72.3 Å². The molecule has 3 rings (SSSR count). The molecule has 0 aliphatic carbocycles. The molecule has 0 radical (unpaired) electrons. The van der Waals surface area contributed by atoms with Crippen LogP contribution in [-0.4, -0.2) is 34.7 Å². The first-order valence-corrected chi connectivity index (χ1v) is 8.43. The van der Waals surface area contributed by atoms with Crippen molar-refractivity contribution in [3.8, 4) is 11.5 Å². The van der Waals surface area contributed by atoms with Crippen LogP contribution in [0.3, 0.4) is 0 Å². The monoisotopic (exact) mass is 365 g/mol. The fourth-order valence-corrected chi connectivity index (χ4v) is 2.71. The van der Waals surface area contributed by atoms with Crippen LogP contribution in [0.25, 0.3) is 10.8 Å². The average Bonchev–Trinajstić information content (AvgIpc) is 2.67. The highest BCUT2D eigenvalue weighted by molar-refractivity contribution is 5.85. The largest absolute Gasteiger partial charge is 0.508 e. The number of fused-ring (bicyclic) bond motifs is 1. The number of hydrogen-bond donors (Lipinski definition) is 3. The van der Waals surface area contributed by atoms with E-state index in [1.165, 1.54) is 12.1 Å². The van der Waals surface area contributed by atoms with E-state index in [0.717, 1.165) is 10.8 Å². The third kappa shape index (κ3) is 4.98. The number of aliphatic carboxylic acids is 1. The van der Waals surface area contributed by atoms with Gasteiger partial charge in [-0.05, 0) is 40.6 Å². The van der Waals surface area contributed by atoms with E-state index in [9.17, 15) is 19.8 Å². The van der Waals surface area contributed by atoms with Crippen LogP contribution in [0.1, 0.15) is 5.56 Å². The number of nitrogens with one attached hydrogen (secondary N) is 1. The van der Waals surface area contributed by atoms with Crippen LogP contribution in [0.2, 0.25) is 0 Å². The van der Waals surface area contributed by atoms with Crippen molar-refractivity contribution in [2.45, 2.75) is 12.5 Å². The van der Waals surface area contributed by atoms with E-state index in [0.29, 0.717) is 11.3 Å². The van der Waals surface area contributed by atoms with Gasteiger partial charge in [-0.1, -0.05) is 42.5 Å². The Morgan fingerprint density at radius 2 is 1.67 bits per heavy atom. The number of phenolic OH excluding ortho intramolecular Hbond substituents is 1. The van der Waals surface area contributed by atoms with Crippen molar-refractivity contribution in [2.75, 3.05) is 6.61 Å². The number of carbonyl (C=O) groups excluding carboxylic acids is 1. The zero-order chi connectivity index (χ0) is 19.2. The Bertz CT molecular complexity index is 952. The predicted molar refractivity (Wildman–Crippen MR) is 101 cm³/mol. The van der Waals surface area contributed by atoms with Crippen molar-refractivity contribution in [1.29, 1.82) is 0 Å².